The molecule has 0 heterocycles. The number of carbonyl (C=O) groups excluding carboxylic acids is 1. The second-order valence-electron chi connectivity index (χ2n) is 5.94. The molecular formula is C14H30N2O. The summed E-state index contributed by atoms with van der Waals surface area (Å²) in [5.41, 5.74) is 6.03. The van der Waals surface area contributed by atoms with Crippen LogP contribution in [0.25, 0.3) is 0 Å². The molecule has 1 amide bonds. The first-order valence-corrected chi connectivity index (χ1v) is 6.83. The van der Waals surface area contributed by atoms with E-state index in [-0.39, 0.29) is 17.9 Å². The molecule has 0 radical (unpaired) electrons. The van der Waals surface area contributed by atoms with E-state index in [0.717, 1.165) is 19.5 Å². The lowest BCUT2D eigenvalue weighted by Gasteiger charge is -2.30. The van der Waals surface area contributed by atoms with Gasteiger partial charge in [-0.1, -0.05) is 48.0 Å². The first kappa shape index (κ1) is 16.4. The van der Waals surface area contributed by atoms with E-state index in [4.69, 9.17) is 5.73 Å². The van der Waals surface area contributed by atoms with Gasteiger partial charge < -0.3 is 10.6 Å². The zero-order chi connectivity index (χ0) is 13.6. The summed E-state index contributed by atoms with van der Waals surface area (Å²) in [7, 11) is 0. The van der Waals surface area contributed by atoms with Crippen LogP contribution in [0.3, 0.4) is 0 Å². The van der Waals surface area contributed by atoms with Crippen LogP contribution in [0, 0.1) is 17.8 Å². The first-order chi connectivity index (χ1) is 7.79. The fraction of sp³-hybridized carbons (Fsp3) is 0.929. The van der Waals surface area contributed by atoms with Crippen molar-refractivity contribution in [3.63, 3.8) is 0 Å². The zero-order valence-corrected chi connectivity index (χ0v) is 12.4. The van der Waals surface area contributed by atoms with Crippen molar-refractivity contribution in [1.29, 1.82) is 0 Å². The number of carbonyl (C=O) groups is 1. The SMILES string of the molecule is CCC(C)[C@H](N)C(=O)N(CC(C)C)CC(C)C. The molecule has 0 aromatic carbocycles. The molecule has 0 spiro atoms. The Balaban J connectivity index is 4.61. The van der Waals surface area contributed by atoms with Gasteiger partial charge in [0.15, 0.2) is 0 Å². The Hall–Kier alpha value is -0.570. The molecule has 0 fully saturated rings. The molecule has 3 heteroatoms. The van der Waals surface area contributed by atoms with Crippen LogP contribution in [0.5, 0.6) is 0 Å². The van der Waals surface area contributed by atoms with Crippen LogP contribution in [-0.4, -0.2) is 29.9 Å². The molecular weight excluding hydrogens is 212 g/mol. The topological polar surface area (TPSA) is 46.3 Å². The maximum atomic E-state index is 12.3. The van der Waals surface area contributed by atoms with E-state index in [1.165, 1.54) is 0 Å². The van der Waals surface area contributed by atoms with Crippen molar-refractivity contribution < 1.29 is 4.79 Å². The van der Waals surface area contributed by atoms with Crippen molar-refractivity contribution >= 4 is 5.91 Å². The van der Waals surface area contributed by atoms with Crippen molar-refractivity contribution in [3.8, 4) is 0 Å². The second-order valence-corrected chi connectivity index (χ2v) is 5.94. The summed E-state index contributed by atoms with van der Waals surface area (Å²) in [4.78, 5) is 14.3. The minimum absolute atomic E-state index is 0.113. The van der Waals surface area contributed by atoms with Crippen molar-refractivity contribution in [2.24, 2.45) is 23.5 Å². The van der Waals surface area contributed by atoms with Gasteiger partial charge in [0.1, 0.15) is 0 Å². The average molecular weight is 242 g/mol. The molecule has 0 saturated heterocycles. The molecule has 3 nitrogen and oxygen atoms in total. The highest BCUT2D eigenvalue weighted by molar-refractivity contribution is 5.82. The molecule has 0 aromatic heterocycles. The summed E-state index contributed by atoms with van der Waals surface area (Å²) in [6.45, 7) is 14.3. The summed E-state index contributed by atoms with van der Waals surface area (Å²) in [5.74, 6) is 1.34. The molecule has 0 rings (SSSR count). The molecule has 2 atom stereocenters. The molecule has 0 aliphatic carbocycles. The smallest absolute Gasteiger partial charge is 0.239 e. The lowest BCUT2D eigenvalue weighted by molar-refractivity contribution is -0.134. The third-order valence-corrected chi connectivity index (χ3v) is 3.02. The van der Waals surface area contributed by atoms with E-state index in [1.54, 1.807) is 0 Å². The molecule has 1 unspecified atom stereocenters. The van der Waals surface area contributed by atoms with E-state index in [9.17, 15) is 4.79 Å². The van der Waals surface area contributed by atoms with Gasteiger partial charge in [0, 0.05) is 13.1 Å². The van der Waals surface area contributed by atoms with Crippen molar-refractivity contribution in [2.75, 3.05) is 13.1 Å². The normalized spacial score (nSPS) is 15.1. The third-order valence-electron chi connectivity index (χ3n) is 3.02. The highest BCUT2D eigenvalue weighted by atomic mass is 16.2. The van der Waals surface area contributed by atoms with E-state index in [0.29, 0.717) is 11.8 Å². The molecule has 102 valence electrons. The summed E-state index contributed by atoms with van der Waals surface area (Å²) < 4.78 is 0. The first-order valence-electron chi connectivity index (χ1n) is 6.83. The van der Waals surface area contributed by atoms with Gasteiger partial charge in [-0.3, -0.25) is 4.79 Å². The fourth-order valence-electron chi connectivity index (χ4n) is 1.84. The molecule has 17 heavy (non-hydrogen) atoms. The minimum atomic E-state index is -0.350. The van der Waals surface area contributed by atoms with Gasteiger partial charge >= 0.3 is 0 Å². The standard InChI is InChI=1S/C14H30N2O/c1-7-12(6)13(15)14(17)16(8-10(2)3)9-11(4)5/h10-13H,7-9,15H2,1-6H3/t12?,13-/m0/s1. The van der Waals surface area contributed by atoms with Crippen LogP contribution >= 0.6 is 0 Å². The van der Waals surface area contributed by atoms with Gasteiger partial charge in [-0.15, -0.1) is 0 Å². The Labute approximate surface area is 107 Å². The molecule has 0 bridgehead atoms. The lowest BCUT2D eigenvalue weighted by atomic mass is 9.98. The van der Waals surface area contributed by atoms with E-state index < -0.39 is 0 Å². The third kappa shape index (κ3) is 6.06. The lowest BCUT2D eigenvalue weighted by Crippen LogP contribution is -2.49. The maximum absolute atomic E-state index is 12.3. The average Bonchev–Trinajstić information content (AvgIpc) is 2.23. The predicted octanol–water partition coefficient (Wildman–Crippen LogP) is 2.50. The van der Waals surface area contributed by atoms with Crippen LogP contribution in [0.15, 0.2) is 0 Å². The van der Waals surface area contributed by atoms with Crippen LogP contribution < -0.4 is 5.73 Å². The van der Waals surface area contributed by atoms with E-state index in [1.807, 2.05) is 11.8 Å². The number of nitrogens with zero attached hydrogens (tertiary/aromatic N) is 1. The fourth-order valence-corrected chi connectivity index (χ4v) is 1.84. The van der Waals surface area contributed by atoms with Crippen LogP contribution in [-0.2, 0) is 4.79 Å². The molecule has 2 N–H and O–H groups in total. The Morgan fingerprint density at radius 3 is 1.76 bits per heavy atom. The van der Waals surface area contributed by atoms with Crippen LogP contribution in [0.2, 0.25) is 0 Å². The quantitative estimate of drug-likeness (QED) is 0.745. The molecule has 0 aliphatic heterocycles. The Bertz CT molecular complexity index is 216. The highest BCUT2D eigenvalue weighted by Gasteiger charge is 2.25. The number of nitrogens with two attached hydrogens (primary N) is 1. The van der Waals surface area contributed by atoms with Gasteiger partial charge in [-0.25, -0.2) is 0 Å². The molecule has 0 aromatic rings. The number of hydrogen-bond donors (Lipinski definition) is 1. The number of hydrogen-bond acceptors (Lipinski definition) is 2. The molecule has 0 saturated carbocycles. The summed E-state index contributed by atoms with van der Waals surface area (Å²) in [5, 5.41) is 0. The second kappa shape index (κ2) is 7.70. The largest absolute Gasteiger partial charge is 0.341 e. The van der Waals surface area contributed by atoms with Crippen molar-refractivity contribution in [2.45, 2.75) is 54.0 Å². The Kier molecular flexibility index (Phi) is 7.44. The van der Waals surface area contributed by atoms with Crippen LogP contribution in [0.1, 0.15) is 48.0 Å². The monoisotopic (exact) mass is 242 g/mol. The summed E-state index contributed by atoms with van der Waals surface area (Å²) >= 11 is 0. The Morgan fingerprint density at radius 1 is 1.06 bits per heavy atom. The van der Waals surface area contributed by atoms with Gasteiger partial charge in [0.25, 0.3) is 0 Å². The van der Waals surface area contributed by atoms with E-state index in [2.05, 4.69) is 34.6 Å². The summed E-state index contributed by atoms with van der Waals surface area (Å²) in [6, 6.07) is -0.350. The predicted molar refractivity (Wildman–Crippen MR) is 73.7 cm³/mol. The highest BCUT2D eigenvalue weighted by Crippen LogP contribution is 2.11. The van der Waals surface area contributed by atoms with Crippen LogP contribution in [0.4, 0.5) is 0 Å². The maximum Gasteiger partial charge on any atom is 0.239 e. The zero-order valence-electron chi connectivity index (χ0n) is 12.4. The van der Waals surface area contributed by atoms with Gasteiger partial charge in [-0.05, 0) is 17.8 Å². The summed E-state index contributed by atoms with van der Waals surface area (Å²) in [6.07, 6.45) is 0.949. The minimum Gasteiger partial charge on any atom is -0.341 e. The number of rotatable bonds is 7. The van der Waals surface area contributed by atoms with Crippen molar-refractivity contribution in [3.05, 3.63) is 0 Å². The van der Waals surface area contributed by atoms with Gasteiger partial charge in [0.05, 0.1) is 6.04 Å². The molecule has 0 aliphatic rings. The van der Waals surface area contributed by atoms with E-state index >= 15 is 0 Å². The van der Waals surface area contributed by atoms with Crippen molar-refractivity contribution in [1.82, 2.24) is 4.90 Å². The Morgan fingerprint density at radius 2 is 1.47 bits per heavy atom. The van der Waals surface area contributed by atoms with Gasteiger partial charge in [0.2, 0.25) is 5.91 Å². The number of amides is 1. The van der Waals surface area contributed by atoms with Gasteiger partial charge in [-0.2, -0.15) is 0 Å².